The summed E-state index contributed by atoms with van der Waals surface area (Å²) in [4.78, 5) is 3.78. The Bertz CT molecular complexity index is 758. The molecule has 0 unspecified atom stereocenters. The van der Waals surface area contributed by atoms with Crippen LogP contribution in [0.5, 0.6) is 0 Å². The maximum absolute atomic E-state index is 14.0. The van der Waals surface area contributed by atoms with Crippen molar-refractivity contribution in [2.24, 2.45) is 0 Å². The molecular formula is C16H10F3NO. The Morgan fingerprint density at radius 3 is 2.43 bits per heavy atom. The fourth-order valence-electron chi connectivity index (χ4n) is 1.86. The number of benzene rings is 2. The maximum atomic E-state index is 14.0. The Hall–Kier alpha value is -2.56. The lowest BCUT2D eigenvalue weighted by molar-refractivity contribution is 0.0243. The highest BCUT2D eigenvalue weighted by atomic mass is 19.3. The summed E-state index contributed by atoms with van der Waals surface area (Å²) < 4.78 is 45.9. The molecule has 21 heavy (non-hydrogen) atoms. The predicted octanol–water partition coefficient (Wildman–Crippen LogP) is 4.77. The second-order valence-electron chi connectivity index (χ2n) is 4.49. The molecule has 0 saturated heterocycles. The normalized spacial score (nSPS) is 12.3. The van der Waals surface area contributed by atoms with Crippen molar-refractivity contribution in [3.63, 3.8) is 0 Å². The van der Waals surface area contributed by atoms with Crippen molar-refractivity contribution in [3.05, 3.63) is 71.9 Å². The van der Waals surface area contributed by atoms with Crippen molar-refractivity contribution in [3.8, 4) is 0 Å². The Kier molecular flexibility index (Phi) is 3.25. The number of halogens is 3. The van der Waals surface area contributed by atoms with Crippen LogP contribution in [0.25, 0.3) is 17.2 Å². The smallest absolute Gasteiger partial charge is 0.341 e. The monoisotopic (exact) mass is 289 g/mol. The van der Waals surface area contributed by atoms with E-state index >= 15 is 0 Å². The van der Waals surface area contributed by atoms with Gasteiger partial charge in [-0.05, 0) is 35.9 Å². The number of hydrogen-bond acceptors (Lipinski definition) is 2. The van der Waals surface area contributed by atoms with Gasteiger partial charge in [0.1, 0.15) is 11.3 Å². The van der Waals surface area contributed by atoms with E-state index in [0.29, 0.717) is 22.7 Å². The zero-order chi connectivity index (χ0) is 14.9. The second kappa shape index (κ2) is 5.09. The van der Waals surface area contributed by atoms with Crippen LogP contribution in [-0.2, 0) is 5.92 Å². The summed E-state index contributed by atoms with van der Waals surface area (Å²) in [5.41, 5.74) is 1.15. The van der Waals surface area contributed by atoms with Crippen LogP contribution >= 0.6 is 0 Å². The predicted molar refractivity (Wildman–Crippen MR) is 73.3 cm³/mol. The molecule has 0 amide bonds. The number of hydrogen-bond donors (Lipinski definition) is 0. The quantitative estimate of drug-likeness (QED) is 0.694. The van der Waals surface area contributed by atoms with Gasteiger partial charge in [-0.15, -0.1) is 0 Å². The Morgan fingerprint density at radius 1 is 1.00 bits per heavy atom. The van der Waals surface area contributed by atoms with Crippen LogP contribution in [0, 0.1) is 5.82 Å². The van der Waals surface area contributed by atoms with Crippen LogP contribution in [-0.4, -0.2) is 4.98 Å². The number of nitrogens with zero attached hydrogens (tertiary/aromatic N) is 1. The Labute approximate surface area is 118 Å². The van der Waals surface area contributed by atoms with Crippen LogP contribution in [0.2, 0.25) is 0 Å². The summed E-state index contributed by atoms with van der Waals surface area (Å²) in [6, 6.07) is 11.8. The molecule has 2 aromatic carbocycles. The summed E-state index contributed by atoms with van der Waals surface area (Å²) >= 11 is 0. The zero-order valence-electron chi connectivity index (χ0n) is 10.8. The molecule has 3 aromatic rings. The first-order valence-electron chi connectivity index (χ1n) is 6.23. The van der Waals surface area contributed by atoms with Gasteiger partial charge >= 0.3 is 5.92 Å². The highest BCUT2D eigenvalue weighted by Gasteiger charge is 2.34. The minimum atomic E-state index is -3.34. The highest BCUT2D eigenvalue weighted by Crippen LogP contribution is 2.31. The van der Waals surface area contributed by atoms with Crippen molar-refractivity contribution in [1.29, 1.82) is 0 Å². The average Bonchev–Trinajstić information content (AvgIpc) is 2.91. The van der Waals surface area contributed by atoms with Crippen LogP contribution in [0.15, 0.2) is 59.0 Å². The lowest BCUT2D eigenvalue weighted by atomic mass is 10.2. The second-order valence-corrected chi connectivity index (χ2v) is 4.49. The van der Waals surface area contributed by atoms with E-state index in [4.69, 9.17) is 4.42 Å². The van der Waals surface area contributed by atoms with Crippen LogP contribution in [0.1, 0.15) is 11.5 Å². The summed E-state index contributed by atoms with van der Waals surface area (Å²) in [6.07, 6.45) is 1.89. The lowest BCUT2D eigenvalue weighted by Gasteiger charge is -2.06. The van der Waals surface area contributed by atoms with E-state index in [1.54, 1.807) is 24.3 Å². The molecule has 0 N–H and O–H groups in total. The highest BCUT2D eigenvalue weighted by molar-refractivity contribution is 5.72. The van der Waals surface area contributed by atoms with Gasteiger partial charge in [0.15, 0.2) is 5.58 Å². The average molecular weight is 289 g/mol. The summed E-state index contributed by atoms with van der Waals surface area (Å²) in [6.45, 7) is 0. The lowest BCUT2D eigenvalue weighted by Crippen LogP contribution is -2.09. The molecular weight excluding hydrogens is 279 g/mol. The molecule has 0 aliphatic heterocycles. The number of aromatic nitrogens is 1. The number of oxazole rings is 1. The minimum Gasteiger partial charge on any atom is -0.435 e. The van der Waals surface area contributed by atoms with E-state index in [1.165, 1.54) is 30.3 Å². The molecule has 2 nitrogen and oxygen atoms in total. The molecule has 0 saturated carbocycles. The van der Waals surface area contributed by atoms with Crippen molar-refractivity contribution < 1.29 is 17.6 Å². The largest absolute Gasteiger partial charge is 0.435 e. The molecule has 0 spiro atoms. The van der Waals surface area contributed by atoms with Gasteiger partial charge in [-0.3, -0.25) is 0 Å². The number of para-hydroxylation sites is 2. The molecule has 5 heteroatoms. The molecule has 0 aliphatic rings. The van der Waals surface area contributed by atoms with Gasteiger partial charge in [0.05, 0.1) is 0 Å². The Balaban J connectivity index is 1.90. The van der Waals surface area contributed by atoms with E-state index in [9.17, 15) is 13.2 Å². The standard InChI is InChI=1S/C16H10F3NO/c17-12-7-5-11(6-8-12)9-10-16(18,19)15-20-13-3-1-2-4-14(13)21-15/h1-10H/b10-9+. The summed E-state index contributed by atoms with van der Waals surface area (Å²) in [7, 11) is 0. The molecule has 0 radical (unpaired) electrons. The SMILES string of the molecule is Fc1ccc(/C=C/C(F)(F)c2nc3ccccc3o2)cc1. The fourth-order valence-corrected chi connectivity index (χ4v) is 1.86. The van der Waals surface area contributed by atoms with Crippen LogP contribution in [0.4, 0.5) is 13.2 Å². The first-order valence-corrected chi connectivity index (χ1v) is 6.23. The van der Waals surface area contributed by atoms with Crippen LogP contribution in [0.3, 0.4) is 0 Å². The van der Waals surface area contributed by atoms with Crippen molar-refractivity contribution in [1.82, 2.24) is 4.98 Å². The van der Waals surface area contributed by atoms with Crippen molar-refractivity contribution in [2.45, 2.75) is 5.92 Å². The van der Waals surface area contributed by atoms with Crippen molar-refractivity contribution in [2.75, 3.05) is 0 Å². The first kappa shape index (κ1) is 13.4. The van der Waals surface area contributed by atoms with Gasteiger partial charge in [-0.25, -0.2) is 9.37 Å². The van der Waals surface area contributed by atoms with Crippen LogP contribution < -0.4 is 0 Å². The fraction of sp³-hybridized carbons (Fsp3) is 0.0625. The van der Waals surface area contributed by atoms with Gasteiger partial charge in [-0.1, -0.05) is 30.3 Å². The molecule has 0 bridgehead atoms. The van der Waals surface area contributed by atoms with Gasteiger partial charge in [0.2, 0.25) is 0 Å². The molecule has 1 aromatic heterocycles. The number of rotatable bonds is 3. The first-order chi connectivity index (χ1) is 10.0. The molecule has 0 atom stereocenters. The zero-order valence-corrected chi connectivity index (χ0v) is 10.8. The molecule has 0 fully saturated rings. The third kappa shape index (κ3) is 2.81. The Morgan fingerprint density at radius 2 is 1.71 bits per heavy atom. The van der Waals surface area contributed by atoms with Gasteiger partial charge < -0.3 is 4.42 Å². The molecule has 3 rings (SSSR count). The third-order valence-corrected chi connectivity index (χ3v) is 2.93. The van der Waals surface area contributed by atoms with Gasteiger partial charge in [0, 0.05) is 0 Å². The summed E-state index contributed by atoms with van der Waals surface area (Å²) in [5, 5.41) is 0. The van der Waals surface area contributed by atoms with E-state index in [-0.39, 0.29) is 0 Å². The van der Waals surface area contributed by atoms with E-state index in [1.807, 2.05) is 0 Å². The molecule has 1 heterocycles. The van der Waals surface area contributed by atoms with Crippen molar-refractivity contribution >= 4 is 17.2 Å². The number of allylic oxidation sites excluding steroid dienone is 1. The number of alkyl halides is 2. The van der Waals surface area contributed by atoms with E-state index in [0.717, 1.165) is 0 Å². The molecule has 0 aliphatic carbocycles. The number of fused-ring (bicyclic) bond motifs is 1. The summed E-state index contributed by atoms with van der Waals surface area (Å²) in [5.74, 6) is -4.42. The third-order valence-electron chi connectivity index (χ3n) is 2.93. The molecule has 106 valence electrons. The van der Waals surface area contributed by atoms with E-state index in [2.05, 4.69) is 4.98 Å². The van der Waals surface area contributed by atoms with Gasteiger partial charge in [-0.2, -0.15) is 8.78 Å². The van der Waals surface area contributed by atoms with Gasteiger partial charge in [0.25, 0.3) is 5.89 Å². The van der Waals surface area contributed by atoms with E-state index < -0.39 is 17.6 Å². The minimum absolute atomic E-state index is 0.308. The topological polar surface area (TPSA) is 26.0 Å². The maximum Gasteiger partial charge on any atom is 0.341 e.